The van der Waals surface area contributed by atoms with Gasteiger partial charge in [0.05, 0.1) is 17.2 Å². The molecule has 0 aliphatic carbocycles. The monoisotopic (exact) mass is 302 g/mol. The minimum Gasteiger partial charge on any atom is -0.370 e. The topological polar surface area (TPSA) is 63.3 Å². The zero-order chi connectivity index (χ0) is 15.5. The standard InChI is InChI=1S/C16H22N4S/c1-11-5-7-12(8-6-11)20-15(17)18-9-13-10-21-14(19-13)16(2,3)4/h5-8,10H,9H2,1-4H3,(H3,17,18,20). The van der Waals surface area contributed by atoms with Gasteiger partial charge < -0.3 is 11.1 Å². The fraction of sp³-hybridized carbons (Fsp3) is 0.375. The predicted molar refractivity (Wildman–Crippen MR) is 90.9 cm³/mol. The molecule has 4 nitrogen and oxygen atoms in total. The maximum absolute atomic E-state index is 5.90. The van der Waals surface area contributed by atoms with Gasteiger partial charge in [0.25, 0.3) is 0 Å². The van der Waals surface area contributed by atoms with Crippen molar-refractivity contribution in [1.82, 2.24) is 4.98 Å². The molecular weight excluding hydrogens is 280 g/mol. The molecule has 0 aliphatic rings. The lowest BCUT2D eigenvalue weighted by atomic mass is 9.98. The lowest BCUT2D eigenvalue weighted by Crippen LogP contribution is -2.22. The summed E-state index contributed by atoms with van der Waals surface area (Å²) in [6, 6.07) is 8.04. The molecule has 0 atom stereocenters. The fourth-order valence-corrected chi connectivity index (χ4v) is 2.61. The normalized spacial score (nSPS) is 12.5. The average molecular weight is 302 g/mol. The van der Waals surface area contributed by atoms with Crippen molar-refractivity contribution >= 4 is 23.0 Å². The first-order valence-electron chi connectivity index (χ1n) is 6.93. The maximum atomic E-state index is 5.90. The summed E-state index contributed by atoms with van der Waals surface area (Å²) in [5, 5.41) is 6.25. The zero-order valence-electron chi connectivity index (χ0n) is 13.0. The lowest BCUT2D eigenvalue weighted by Gasteiger charge is -2.13. The first kappa shape index (κ1) is 15.5. The van der Waals surface area contributed by atoms with E-state index in [2.05, 4.69) is 43.0 Å². The third-order valence-electron chi connectivity index (χ3n) is 2.93. The molecule has 0 saturated heterocycles. The molecule has 0 saturated carbocycles. The van der Waals surface area contributed by atoms with Crippen molar-refractivity contribution in [2.45, 2.75) is 39.7 Å². The molecule has 1 aromatic heterocycles. The van der Waals surface area contributed by atoms with Gasteiger partial charge in [-0.05, 0) is 19.1 Å². The van der Waals surface area contributed by atoms with Gasteiger partial charge in [-0.15, -0.1) is 11.3 Å². The third-order valence-corrected chi connectivity index (χ3v) is 4.25. The summed E-state index contributed by atoms with van der Waals surface area (Å²) in [6.45, 7) is 9.03. The van der Waals surface area contributed by atoms with Crippen LogP contribution in [0.2, 0.25) is 0 Å². The quantitative estimate of drug-likeness (QED) is 0.671. The van der Waals surface area contributed by atoms with Crippen LogP contribution >= 0.6 is 11.3 Å². The van der Waals surface area contributed by atoms with Gasteiger partial charge in [0, 0.05) is 16.5 Å². The van der Waals surface area contributed by atoms with Gasteiger partial charge in [-0.25, -0.2) is 9.98 Å². The highest BCUT2D eigenvalue weighted by Gasteiger charge is 2.17. The Morgan fingerprint density at radius 3 is 2.52 bits per heavy atom. The zero-order valence-corrected chi connectivity index (χ0v) is 13.8. The van der Waals surface area contributed by atoms with E-state index in [-0.39, 0.29) is 5.41 Å². The van der Waals surface area contributed by atoms with Crippen molar-refractivity contribution in [1.29, 1.82) is 0 Å². The van der Waals surface area contributed by atoms with E-state index in [9.17, 15) is 0 Å². The number of nitrogens with zero attached hydrogens (tertiary/aromatic N) is 2. The minimum atomic E-state index is 0.0817. The molecule has 0 aliphatic heterocycles. The summed E-state index contributed by atoms with van der Waals surface area (Å²) in [6.07, 6.45) is 0. The molecule has 21 heavy (non-hydrogen) atoms. The highest BCUT2D eigenvalue weighted by atomic mass is 32.1. The largest absolute Gasteiger partial charge is 0.370 e. The number of hydrogen-bond acceptors (Lipinski definition) is 3. The third kappa shape index (κ3) is 4.56. The van der Waals surface area contributed by atoms with Crippen LogP contribution in [0.3, 0.4) is 0 Å². The summed E-state index contributed by atoms with van der Waals surface area (Å²) in [5.74, 6) is 0.407. The first-order valence-corrected chi connectivity index (χ1v) is 7.81. The molecule has 3 N–H and O–H groups in total. The number of aromatic nitrogens is 1. The predicted octanol–water partition coefficient (Wildman–Crippen LogP) is 3.68. The van der Waals surface area contributed by atoms with Crippen molar-refractivity contribution in [3.05, 3.63) is 45.9 Å². The first-order chi connectivity index (χ1) is 9.84. The maximum Gasteiger partial charge on any atom is 0.193 e. The summed E-state index contributed by atoms with van der Waals surface area (Å²) in [7, 11) is 0. The van der Waals surface area contributed by atoms with Gasteiger partial charge in [-0.1, -0.05) is 38.5 Å². The van der Waals surface area contributed by atoms with Crippen LogP contribution in [0.1, 0.15) is 37.0 Å². The van der Waals surface area contributed by atoms with Crippen molar-refractivity contribution in [2.24, 2.45) is 10.7 Å². The number of anilines is 1. The van der Waals surface area contributed by atoms with E-state index in [1.165, 1.54) is 5.56 Å². The SMILES string of the molecule is Cc1ccc(NC(N)=NCc2csc(C(C)(C)C)n2)cc1. The van der Waals surface area contributed by atoms with Gasteiger partial charge in [-0.2, -0.15) is 0 Å². The summed E-state index contributed by atoms with van der Waals surface area (Å²) in [5.41, 5.74) is 9.09. The van der Waals surface area contributed by atoms with Crippen LogP contribution in [0, 0.1) is 6.92 Å². The molecule has 0 fully saturated rings. The highest BCUT2D eigenvalue weighted by Crippen LogP contribution is 2.25. The Morgan fingerprint density at radius 2 is 1.95 bits per heavy atom. The highest BCUT2D eigenvalue weighted by molar-refractivity contribution is 7.09. The Hall–Kier alpha value is -1.88. The van der Waals surface area contributed by atoms with E-state index in [1.54, 1.807) is 11.3 Å². The molecule has 2 rings (SSSR count). The van der Waals surface area contributed by atoms with Crippen molar-refractivity contribution in [3.8, 4) is 0 Å². The second-order valence-electron chi connectivity index (χ2n) is 6.09. The number of hydrogen-bond donors (Lipinski definition) is 2. The molecule has 0 amide bonds. The summed E-state index contributed by atoms with van der Waals surface area (Å²) >= 11 is 1.67. The van der Waals surface area contributed by atoms with E-state index >= 15 is 0 Å². The summed E-state index contributed by atoms with van der Waals surface area (Å²) < 4.78 is 0. The van der Waals surface area contributed by atoms with E-state index < -0.39 is 0 Å². The van der Waals surface area contributed by atoms with E-state index in [0.29, 0.717) is 12.5 Å². The molecule has 0 bridgehead atoms. The molecule has 5 heteroatoms. The smallest absolute Gasteiger partial charge is 0.193 e. The number of aryl methyl sites for hydroxylation is 1. The van der Waals surface area contributed by atoms with E-state index in [4.69, 9.17) is 5.73 Å². The van der Waals surface area contributed by atoms with Crippen molar-refractivity contribution < 1.29 is 0 Å². The van der Waals surface area contributed by atoms with Gasteiger partial charge in [0.1, 0.15) is 0 Å². The van der Waals surface area contributed by atoms with Crippen LogP contribution in [0.4, 0.5) is 5.69 Å². The molecule has 1 aromatic carbocycles. The Labute approximate surface area is 130 Å². The number of nitrogens with two attached hydrogens (primary N) is 1. The molecule has 0 unspecified atom stereocenters. The van der Waals surface area contributed by atoms with Crippen LogP contribution in [0.25, 0.3) is 0 Å². The Morgan fingerprint density at radius 1 is 1.29 bits per heavy atom. The molecule has 112 valence electrons. The van der Waals surface area contributed by atoms with Crippen LogP contribution in [0.5, 0.6) is 0 Å². The minimum absolute atomic E-state index is 0.0817. The van der Waals surface area contributed by atoms with Crippen LogP contribution in [-0.2, 0) is 12.0 Å². The number of benzene rings is 1. The average Bonchev–Trinajstić information content (AvgIpc) is 2.88. The van der Waals surface area contributed by atoms with Gasteiger partial charge in [0.15, 0.2) is 5.96 Å². The molecule has 0 spiro atoms. The van der Waals surface area contributed by atoms with Crippen LogP contribution in [0.15, 0.2) is 34.6 Å². The summed E-state index contributed by atoms with van der Waals surface area (Å²) in [4.78, 5) is 8.94. The second-order valence-corrected chi connectivity index (χ2v) is 6.94. The molecule has 1 heterocycles. The van der Waals surface area contributed by atoms with E-state index in [1.807, 2.05) is 29.6 Å². The lowest BCUT2D eigenvalue weighted by molar-refractivity contribution is 0.583. The number of thiazole rings is 1. The van der Waals surface area contributed by atoms with Crippen LogP contribution < -0.4 is 11.1 Å². The Bertz CT molecular complexity index is 620. The van der Waals surface area contributed by atoms with Gasteiger partial charge in [-0.3, -0.25) is 0 Å². The van der Waals surface area contributed by atoms with E-state index in [0.717, 1.165) is 16.4 Å². The Balaban J connectivity index is 1.97. The molecule has 2 aromatic rings. The van der Waals surface area contributed by atoms with Crippen LogP contribution in [-0.4, -0.2) is 10.9 Å². The van der Waals surface area contributed by atoms with Gasteiger partial charge in [0.2, 0.25) is 0 Å². The second kappa shape index (κ2) is 6.26. The Kier molecular flexibility index (Phi) is 4.63. The van der Waals surface area contributed by atoms with Crippen molar-refractivity contribution in [2.75, 3.05) is 5.32 Å². The number of aliphatic imine (C=N–C) groups is 1. The van der Waals surface area contributed by atoms with Crippen molar-refractivity contribution in [3.63, 3.8) is 0 Å². The van der Waals surface area contributed by atoms with Gasteiger partial charge >= 0.3 is 0 Å². The number of guanidine groups is 1. The number of rotatable bonds is 3. The number of nitrogens with one attached hydrogen (secondary N) is 1. The fourth-order valence-electron chi connectivity index (χ4n) is 1.71. The molecule has 0 radical (unpaired) electrons. The molecular formula is C16H22N4S.